The maximum absolute atomic E-state index is 12.1. The van der Waals surface area contributed by atoms with E-state index in [9.17, 15) is 13.2 Å². The largest absolute Gasteiger partial charge is 0.416 e. The molecule has 0 saturated carbocycles. The van der Waals surface area contributed by atoms with Gasteiger partial charge in [-0.25, -0.2) is 9.97 Å². The predicted octanol–water partition coefficient (Wildman–Crippen LogP) is 1.62. The van der Waals surface area contributed by atoms with E-state index >= 15 is 0 Å². The van der Waals surface area contributed by atoms with E-state index in [0.29, 0.717) is 10.3 Å². The van der Waals surface area contributed by atoms with Crippen molar-refractivity contribution in [1.29, 1.82) is 0 Å². The zero-order chi connectivity index (χ0) is 13.1. The Labute approximate surface area is 104 Å². The van der Waals surface area contributed by atoms with Gasteiger partial charge in [-0.3, -0.25) is 0 Å². The van der Waals surface area contributed by atoms with Crippen LogP contribution in [0.3, 0.4) is 0 Å². The second kappa shape index (κ2) is 5.50. The molecule has 5 nitrogen and oxygen atoms in total. The van der Waals surface area contributed by atoms with Gasteiger partial charge in [0.25, 0.3) is 0 Å². The SMILES string of the molecule is CNc1ncnc(NCC(O)C(F)(F)F)c1Br. The molecule has 17 heavy (non-hydrogen) atoms. The number of anilines is 2. The topological polar surface area (TPSA) is 70.1 Å². The van der Waals surface area contributed by atoms with Gasteiger partial charge in [0.1, 0.15) is 22.4 Å². The molecule has 0 bridgehead atoms. The van der Waals surface area contributed by atoms with Gasteiger partial charge in [-0.05, 0) is 15.9 Å². The first-order chi connectivity index (χ1) is 7.86. The van der Waals surface area contributed by atoms with E-state index in [1.165, 1.54) is 6.33 Å². The molecule has 1 aromatic rings. The molecule has 1 aromatic heterocycles. The Hall–Kier alpha value is -1.09. The number of hydrogen-bond acceptors (Lipinski definition) is 5. The van der Waals surface area contributed by atoms with Crippen molar-refractivity contribution in [2.24, 2.45) is 0 Å². The van der Waals surface area contributed by atoms with Crippen LogP contribution in [0.25, 0.3) is 0 Å². The molecule has 1 unspecified atom stereocenters. The molecule has 1 heterocycles. The van der Waals surface area contributed by atoms with E-state index in [4.69, 9.17) is 5.11 Å². The number of halogens is 4. The number of nitrogens with one attached hydrogen (secondary N) is 2. The Morgan fingerprint density at radius 3 is 2.53 bits per heavy atom. The minimum absolute atomic E-state index is 0.174. The van der Waals surface area contributed by atoms with Gasteiger partial charge in [0.2, 0.25) is 0 Å². The fourth-order valence-electron chi connectivity index (χ4n) is 0.976. The van der Waals surface area contributed by atoms with Crippen LogP contribution in [0.1, 0.15) is 0 Å². The highest BCUT2D eigenvalue weighted by Gasteiger charge is 2.38. The van der Waals surface area contributed by atoms with Gasteiger partial charge in [0, 0.05) is 7.05 Å². The third-order valence-corrected chi connectivity index (χ3v) is 2.62. The molecule has 3 N–H and O–H groups in total. The molecule has 0 aliphatic heterocycles. The van der Waals surface area contributed by atoms with Gasteiger partial charge >= 0.3 is 6.18 Å². The minimum Gasteiger partial charge on any atom is -0.382 e. The van der Waals surface area contributed by atoms with E-state index in [-0.39, 0.29) is 5.82 Å². The summed E-state index contributed by atoms with van der Waals surface area (Å²) in [5.74, 6) is 0.608. The molecule has 0 amide bonds. The Bertz CT molecular complexity index is 388. The minimum atomic E-state index is -4.65. The Balaban J connectivity index is 2.70. The molecular formula is C8H10BrF3N4O. The van der Waals surface area contributed by atoms with Crippen molar-refractivity contribution in [2.75, 3.05) is 24.2 Å². The lowest BCUT2D eigenvalue weighted by Gasteiger charge is -2.16. The van der Waals surface area contributed by atoms with Crippen molar-refractivity contribution in [3.8, 4) is 0 Å². The van der Waals surface area contributed by atoms with Crippen LogP contribution in [0.15, 0.2) is 10.8 Å². The number of hydrogen-bond donors (Lipinski definition) is 3. The highest BCUT2D eigenvalue weighted by Crippen LogP contribution is 2.27. The highest BCUT2D eigenvalue weighted by atomic mass is 79.9. The fourth-order valence-corrected chi connectivity index (χ4v) is 1.52. The summed E-state index contributed by atoms with van der Waals surface area (Å²) < 4.78 is 36.6. The van der Waals surface area contributed by atoms with E-state index in [0.717, 1.165) is 0 Å². The molecule has 0 aliphatic carbocycles. The van der Waals surface area contributed by atoms with Crippen LogP contribution in [-0.4, -0.2) is 40.9 Å². The average Bonchev–Trinajstić information content (AvgIpc) is 2.26. The van der Waals surface area contributed by atoms with E-state index in [1.54, 1.807) is 7.05 Å². The van der Waals surface area contributed by atoms with E-state index in [1.807, 2.05) is 0 Å². The van der Waals surface area contributed by atoms with E-state index < -0.39 is 18.8 Å². The lowest BCUT2D eigenvalue weighted by atomic mass is 10.3. The summed E-state index contributed by atoms with van der Waals surface area (Å²) in [7, 11) is 1.61. The van der Waals surface area contributed by atoms with Crippen molar-refractivity contribution in [3.63, 3.8) is 0 Å². The number of alkyl halides is 3. The third-order valence-electron chi connectivity index (χ3n) is 1.87. The standard InChI is InChI=1S/C8H10BrF3N4O/c1-13-6-5(9)7(16-3-15-6)14-2-4(17)8(10,11)12/h3-4,17H,2H2,1H3,(H2,13,14,15,16). The van der Waals surface area contributed by atoms with Gasteiger partial charge in [-0.15, -0.1) is 0 Å². The van der Waals surface area contributed by atoms with Gasteiger partial charge in [0.05, 0.1) is 6.54 Å². The van der Waals surface area contributed by atoms with Crippen LogP contribution in [0.4, 0.5) is 24.8 Å². The number of aliphatic hydroxyl groups excluding tert-OH is 1. The number of nitrogens with zero attached hydrogens (tertiary/aromatic N) is 2. The quantitative estimate of drug-likeness (QED) is 0.788. The second-order valence-electron chi connectivity index (χ2n) is 3.07. The second-order valence-corrected chi connectivity index (χ2v) is 3.87. The summed E-state index contributed by atoms with van der Waals surface area (Å²) in [5, 5.41) is 13.9. The first kappa shape index (κ1) is 14.0. The number of aromatic nitrogens is 2. The molecule has 0 saturated heterocycles. The molecule has 0 radical (unpaired) electrons. The van der Waals surface area contributed by atoms with Crippen molar-refractivity contribution in [3.05, 3.63) is 10.8 Å². The summed E-state index contributed by atoms with van der Waals surface area (Å²) in [6.45, 7) is -0.678. The Kier molecular flexibility index (Phi) is 4.52. The normalized spacial score (nSPS) is 13.3. The molecule has 1 rings (SSSR count). The number of aliphatic hydroxyl groups is 1. The van der Waals surface area contributed by atoms with Crippen LogP contribution in [0.2, 0.25) is 0 Å². The van der Waals surface area contributed by atoms with Gasteiger partial charge < -0.3 is 15.7 Å². The number of rotatable bonds is 4. The van der Waals surface area contributed by atoms with Crippen LogP contribution in [-0.2, 0) is 0 Å². The smallest absolute Gasteiger partial charge is 0.382 e. The van der Waals surface area contributed by atoms with Crippen LogP contribution in [0, 0.1) is 0 Å². The lowest BCUT2D eigenvalue weighted by Crippen LogP contribution is -2.35. The van der Waals surface area contributed by atoms with Crippen LogP contribution < -0.4 is 10.6 Å². The molecule has 0 fully saturated rings. The summed E-state index contributed by atoms with van der Waals surface area (Å²) in [6, 6.07) is 0. The molecular weight excluding hydrogens is 305 g/mol. The predicted molar refractivity (Wildman–Crippen MR) is 59.8 cm³/mol. The van der Waals surface area contributed by atoms with Gasteiger partial charge in [-0.1, -0.05) is 0 Å². The molecule has 0 spiro atoms. The zero-order valence-corrected chi connectivity index (χ0v) is 10.3. The summed E-state index contributed by atoms with van der Waals surface area (Å²) in [4.78, 5) is 7.59. The van der Waals surface area contributed by atoms with Crippen molar-refractivity contribution >= 4 is 27.6 Å². The zero-order valence-electron chi connectivity index (χ0n) is 8.72. The van der Waals surface area contributed by atoms with Crippen LogP contribution in [0.5, 0.6) is 0 Å². The molecule has 0 aromatic carbocycles. The van der Waals surface area contributed by atoms with Gasteiger partial charge in [0.15, 0.2) is 6.10 Å². The average molecular weight is 315 g/mol. The van der Waals surface area contributed by atoms with Crippen LogP contribution >= 0.6 is 15.9 Å². The van der Waals surface area contributed by atoms with Gasteiger partial charge in [-0.2, -0.15) is 13.2 Å². The third kappa shape index (κ3) is 3.70. The summed E-state index contributed by atoms with van der Waals surface area (Å²) in [6.07, 6.45) is -5.90. The summed E-state index contributed by atoms with van der Waals surface area (Å²) in [5.41, 5.74) is 0. The molecule has 0 aliphatic rings. The summed E-state index contributed by atoms with van der Waals surface area (Å²) >= 11 is 3.13. The first-order valence-corrected chi connectivity index (χ1v) is 5.32. The monoisotopic (exact) mass is 314 g/mol. The lowest BCUT2D eigenvalue weighted by molar-refractivity contribution is -0.198. The van der Waals surface area contributed by atoms with Crippen molar-refractivity contribution in [2.45, 2.75) is 12.3 Å². The van der Waals surface area contributed by atoms with E-state index in [2.05, 4.69) is 36.5 Å². The Morgan fingerprint density at radius 2 is 2.00 bits per heavy atom. The maximum atomic E-state index is 12.1. The van der Waals surface area contributed by atoms with Crippen molar-refractivity contribution < 1.29 is 18.3 Å². The Morgan fingerprint density at radius 1 is 1.41 bits per heavy atom. The fraction of sp³-hybridized carbons (Fsp3) is 0.500. The molecule has 1 atom stereocenters. The molecule has 96 valence electrons. The maximum Gasteiger partial charge on any atom is 0.416 e. The first-order valence-electron chi connectivity index (χ1n) is 4.53. The molecule has 9 heteroatoms. The highest BCUT2D eigenvalue weighted by molar-refractivity contribution is 9.10. The van der Waals surface area contributed by atoms with Crippen molar-refractivity contribution in [1.82, 2.24) is 9.97 Å².